The summed E-state index contributed by atoms with van der Waals surface area (Å²) in [7, 11) is 0. The predicted octanol–water partition coefficient (Wildman–Crippen LogP) is 2.91. The van der Waals surface area contributed by atoms with E-state index in [0.29, 0.717) is 21.7 Å². The number of nitrogens with one attached hydrogen (secondary N) is 1. The molecule has 0 bridgehead atoms. The van der Waals surface area contributed by atoms with Crippen molar-refractivity contribution < 1.29 is 4.79 Å². The van der Waals surface area contributed by atoms with E-state index in [2.05, 4.69) is 22.1 Å². The van der Waals surface area contributed by atoms with Gasteiger partial charge >= 0.3 is 0 Å². The fraction of sp³-hybridized carbons (Fsp3) is 0.571. The molecule has 1 fully saturated rings. The van der Waals surface area contributed by atoms with E-state index >= 15 is 0 Å². The van der Waals surface area contributed by atoms with Crippen molar-refractivity contribution in [2.75, 3.05) is 29.9 Å². The molecular formula is C14H20Cl2N4O. The minimum atomic E-state index is -0.227. The average molecular weight is 331 g/mol. The van der Waals surface area contributed by atoms with Gasteiger partial charge in [0.25, 0.3) is 0 Å². The van der Waals surface area contributed by atoms with Crippen molar-refractivity contribution in [3.63, 3.8) is 0 Å². The van der Waals surface area contributed by atoms with Gasteiger partial charge in [-0.25, -0.2) is 4.98 Å². The molecule has 21 heavy (non-hydrogen) atoms. The highest BCUT2D eigenvalue weighted by atomic mass is 35.5. The number of piperidine rings is 1. The van der Waals surface area contributed by atoms with E-state index in [1.54, 1.807) is 6.07 Å². The Morgan fingerprint density at radius 1 is 1.43 bits per heavy atom. The number of carbonyl (C=O) groups excluding carboxylic acids is 1. The Balaban J connectivity index is 2.14. The van der Waals surface area contributed by atoms with Crippen LogP contribution in [0.1, 0.15) is 26.2 Å². The zero-order chi connectivity index (χ0) is 15.4. The Labute approximate surface area is 134 Å². The molecule has 116 valence electrons. The van der Waals surface area contributed by atoms with E-state index in [1.165, 1.54) is 0 Å². The molecule has 0 atom stereocenters. The topological polar surface area (TPSA) is 71.2 Å². The third kappa shape index (κ3) is 3.92. The molecular weight excluding hydrogens is 311 g/mol. The molecule has 5 nitrogen and oxygen atoms in total. The number of anilines is 2. The first kappa shape index (κ1) is 16.2. The highest BCUT2D eigenvalue weighted by molar-refractivity contribution is 6.37. The van der Waals surface area contributed by atoms with Crippen molar-refractivity contribution in [3.05, 3.63) is 16.1 Å². The molecule has 1 aromatic rings. The molecule has 1 aliphatic rings. The summed E-state index contributed by atoms with van der Waals surface area (Å²) in [4.78, 5) is 17.8. The van der Waals surface area contributed by atoms with Gasteiger partial charge in [-0.2, -0.15) is 0 Å². The van der Waals surface area contributed by atoms with Crippen molar-refractivity contribution in [2.45, 2.75) is 26.2 Å². The van der Waals surface area contributed by atoms with E-state index in [-0.39, 0.29) is 11.8 Å². The summed E-state index contributed by atoms with van der Waals surface area (Å²) in [5, 5.41) is 4.24. The van der Waals surface area contributed by atoms with Crippen LogP contribution in [-0.2, 0) is 4.79 Å². The van der Waals surface area contributed by atoms with Crippen LogP contribution in [0, 0.1) is 5.92 Å². The maximum absolute atomic E-state index is 11.2. The van der Waals surface area contributed by atoms with Gasteiger partial charge in [0.1, 0.15) is 11.6 Å². The lowest BCUT2D eigenvalue weighted by Crippen LogP contribution is -2.39. The lowest BCUT2D eigenvalue weighted by molar-refractivity contribution is -0.122. The number of pyridine rings is 1. The fourth-order valence-electron chi connectivity index (χ4n) is 2.42. The number of nitrogens with zero attached hydrogens (tertiary/aromatic N) is 2. The summed E-state index contributed by atoms with van der Waals surface area (Å²) >= 11 is 12.4. The van der Waals surface area contributed by atoms with Gasteiger partial charge in [-0.05, 0) is 25.3 Å². The maximum atomic E-state index is 11.2. The number of aromatic nitrogens is 1. The van der Waals surface area contributed by atoms with Gasteiger partial charge in [-0.1, -0.05) is 30.1 Å². The lowest BCUT2D eigenvalue weighted by Gasteiger charge is -2.32. The smallest absolute Gasteiger partial charge is 0.220 e. The van der Waals surface area contributed by atoms with Gasteiger partial charge in [0, 0.05) is 25.6 Å². The SMILES string of the molecule is CCCNc1nc(N2CCC(C(N)=O)CC2)c(Cl)cc1Cl. The van der Waals surface area contributed by atoms with E-state index in [1.807, 2.05) is 0 Å². The summed E-state index contributed by atoms with van der Waals surface area (Å²) in [5.41, 5.74) is 5.35. The Kier molecular flexibility index (Phi) is 5.53. The molecule has 7 heteroatoms. The number of hydrogen-bond donors (Lipinski definition) is 2. The van der Waals surface area contributed by atoms with E-state index in [4.69, 9.17) is 28.9 Å². The molecule has 0 aliphatic carbocycles. The Hall–Kier alpha value is -1.20. The molecule has 3 N–H and O–H groups in total. The van der Waals surface area contributed by atoms with Crippen LogP contribution in [0.5, 0.6) is 0 Å². The van der Waals surface area contributed by atoms with Gasteiger partial charge in [0.2, 0.25) is 5.91 Å². The largest absolute Gasteiger partial charge is 0.369 e. The van der Waals surface area contributed by atoms with Gasteiger partial charge in [0.15, 0.2) is 0 Å². The lowest BCUT2D eigenvalue weighted by atomic mass is 9.96. The Morgan fingerprint density at radius 2 is 2.10 bits per heavy atom. The number of amides is 1. The van der Waals surface area contributed by atoms with Crippen LogP contribution < -0.4 is 16.0 Å². The van der Waals surface area contributed by atoms with Crippen LogP contribution in [0.2, 0.25) is 10.0 Å². The van der Waals surface area contributed by atoms with Gasteiger partial charge in [-0.3, -0.25) is 4.79 Å². The minimum absolute atomic E-state index is 0.0509. The van der Waals surface area contributed by atoms with Crippen LogP contribution in [-0.4, -0.2) is 30.5 Å². The second-order valence-electron chi connectivity index (χ2n) is 5.21. The molecule has 1 saturated heterocycles. The standard InChI is InChI=1S/C14H20Cl2N4O/c1-2-5-18-13-10(15)8-11(16)14(19-13)20-6-3-9(4-7-20)12(17)21/h8-9H,2-7H2,1H3,(H2,17,21)(H,18,19). The normalized spacial score (nSPS) is 16.0. The van der Waals surface area contributed by atoms with Crippen molar-refractivity contribution in [1.82, 2.24) is 4.98 Å². The summed E-state index contributed by atoms with van der Waals surface area (Å²) in [6.07, 6.45) is 2.45. The summed E-state index contributed by atoms with van der Waals surface area (Å²) in [5.74, 6) is 1.08. The molecule has 1 amide bonds. The van der Waals surface area contributed by atoms with E-state index < -0.39 is 0 Å². The van der Waals surface area contributed by atoms with Crippen molar-refractivity contribution in [3.8, 4) is 0 Å². The number of halogens is 2. The average Bonchev–Trinajstić information content (AvgIpc) is 2.46. The van der Waals surface area contributed by atoms with E-state index in [9.17, 15) is 4.79 Å². The third-order valence-corrected chi connectivity index (χ3v) is 4.22. The monoisotopic (exact) mass is 330 g/mol. The summed E-state index contributed by atoms with van der Waals surface area (Å²) in [6.45, 7) is 4.31. The summed E-state index contributed by atoms with van der Waals surface area (Å²) < 4.78 is 0. The van der Waals surface area contributed by atoms with Crippen molar-refractivity contribution in [1.29, 1.82) is 0 Å². The first-order valence-electron chi connectivity index (χ1n) is 7.17. The Morgan fingerprint density at radius 3 is 2.67 bits per heavy atom. The zero-order valence-electron chi connectivity index (χ0n) is 12.0. The second-order valence-corrected chi connectivity index (χ2v) is 6.03. The van der Waals surface area contributed by atoms with Gasteiger partial charge < -0.3 is 16.0 Å². The van der Waals surface area contributed by atoms with Crippen LogP contribution in [0.3, 0.4) is 0 Å². The van der Waals surface area contributed by atoms with E-state index in [0.717, 1.165) is 38.9 Å². The number of rotatable bonds is 5. The predicted molar refractivity (Wildman–Crippen MR) is 87.2 cm³/mol. The molecule has 0 aromatic carbocycles. The van der Waals surface area contributed by atoms with Gasteiger partial charge in [0.05, 0.1) is 10.0 Å². The highest BCUT2D eigenvalue weighted by Gasteiger charge is 2.25. The number of carbonyl (C=O) groups is 1. The van der Waals surface area contributed by atoms with Crippen LogP contribution >= 0.6 is 23.2 Å². The van der Waals surface area contributed by atoms with Crippen molar-refractivity contribution in [2.24, 2.45) is 11.7 Å². The molecule has 2 heterocycles. The van der Waals surface area contributed by atoms with Crippen LogP contribution in [0.15, 0.2) is 6.07 Å². The highest BCUT2D eigenvalue weighted by Crippen LogP contribution is 2.33. The van der Waals surface area contributed by atoms with Crippen molar-refractivity contribution >= 4 is 40.7 Å². The van der Waals surface area contributed by atoms with Gasteiger partial charge in [-0.15, -0.1) is 0 Å². The molecule has 1 aliphatic heterocycles. The third-order valence-electron chi connectivity index (χ3n) is 3.65. The Bertz CT molecular complexity index is 516. The maximum Gasteiger partial charge on any atom is 0.220 e. The number of nitrogens with two attached hydrogens (primary N) is 1. The zero-order valence-corrected chi connectivity index (χ0v) is 13.5. The second kappa shape index (κ2) is 7.18. The fourth-order valence-corrected chi connectivity index (χ4v) is 2.97. The first-order chi connectivity index (χ1) is 10.0. The van der Waals surface area contributed by atoms with Crippen LogP contribution in [0.4, 0.5) is 11.6 Å². The molecule has 0 unspecified atom stereocenters. The summed E-state index contributed by atoms with van der Waals surface area (Å²) in [6, 6.07) is 1.71. The molecule has 1 aromatic heterocycles. The number of hydrogen-bond acceptors (Lipinski definition) is 4. The minimum Gasteiger partial charge on any atom is -0.369 e. The first-order valence-corrected chi connectivity index (χ1v) is 7.92. The quantitative estimate of drug-likeness (QED) is 0.870. The molecule has 2 rings (SSSR count). The van der Waals surface area contributed by atoms with Crippen LogP contribution in [0.25, 0.3) is 0 Å². The molecule has 0 radical (unpaired) electrons. The number of primary amides is 1. The molecule has 0 spiro atoms. The molecule has 0 saturated carbocycles.